The molecule has 0 radical (unpaired) electrons. The molecular formula is C37H57BrN2O2S. The van der Waals surface area contributed by atoms with Crippen molar-refractivity contribution in [3.05, 3.63) is 70.3 Å². The summed E-state index contributed by atoms with van der Waals surface area (Å²) in [5, 5.41) is 5.31. The van der Waals surface area contributed by atoms with Crippen molar-refractivity contribution in [3.8, 4) is 5.75 Å². The number of para-hydroxylation sites is 1. The molecule has 0 atom stereocenters. The number of hydrogen-bond donors (Lipinski definition) is 1. The van der Waals surface area contributed by atoms with Crippen LogP contribution in [-0.4, -0.2) is 23.3 Å². The highest BCUT2D eigenvalue weighted by Crippen LogP contribution is 2.35. The maximum absolute atomic E-state index is 13.1. The Morgan fingerprint density at radius 1 is 0.884 bits per heavy atom. The quantitative estimate of drug-likeness (QED) is 0.151. The molecule has 0 saturated heterocycles. The zero-order chi connectivity index (χ0) is 30.2. The summed E-state index contributed by atoms with van der Waals surface area (Å²) in [6.45, 7) is 12.7. The van der Waals surface area contributed by atoms with Crippen LogP contribution in [0.4, 0.5) is 5.69 Å². The third-order valence-electron chi connectivity index (χ3n) is 8.09. The van der Waals surface area contributed by atoms with E-state index in [2.05, 4.69) is 74.5 Å². The molecule has 0 bridgehead atoms. The number of carbonyl (C=O) groups excluding carboxylic acids is 1. The smallest absolute Gasteiger partial charge is 0.228 e. The second-order valence-electron chi connectivity index (χ2n) is 13.0. The first-order valence-corrected chi connectivity index (χ1v) is 17.5. The minimum atomic E-state index is -0.0599. The molecule has 0 spiro atoms. The van der Waals surface area contributed by atoms with Gasteiger partial charge in [0.2, 0.25) is 5.91 Å². The lowest BCUT2D eigenvalue weighted by Crippen LogP contribution is -2.19. The van der Waals surface area contributed by atoms with Gasteiger partial charge in [0.1, 0.15) is 5.75 Å². The van der Waals surface area contributed by atoms with Gasteiger partial charge < -0.3 is 15.0 Å². The first kappa shape index (κ1) is 37.3. The zero-order valence-corrected chi connectivity index (χ0v) is 30.0. The number of ether oxygens (including phenoxy) is 1. The fraction of sp³-hybridized carbons (Fsp3) is 0.595. The lowest BCUT2D eigenvalue weighted by molar-refractivity contribution is -0.115. The summed E-state index contributed by atoms with van der Waals surface area (Å²) in [4.78, 5) is 15.5. The van der Waals surface area contributed by atoms with E-state index in [1.54, 1.807) is 0 Å². The maximum Gasteiger partial charge on any atom is 0.228 e. The van der Waals surface area contributed by atoms with Gasteiger partial charge in [-0.2, -0.15) is 0 Å². The fourth-order valence-corrected chi connectivity index (χ4v) is 6.43. The van der Waals surface area contributed by atoms with Crippen molar-refractivity contribution in [1.29, 1.82) is 0 Å². The van der Waals surface area contributed by atoms with Gasteiger partial charge in [-0.3, -0.25) is 4.79 Å². The highest BCUT2D eigenvalue weighted by Gasteiger charge is 2.22. The van der Waals surface area contributed by atoms with Crippen LogP contribution in [0, 0.1) is 0 Å². The van der Waals surface area contributed by atoms with Crippen molar-refractivity contribution in [2.75, 3.05) is 17.8 Å². The number of unbranched alkanes of at least 4 members (excludes halogenated alkanes) is 11. The van der Waals surface area contributed by atoms with Gasteiger partial charge in [0.05, 0.1) is 18.9 Å². The maximum atomic E-state index is 13.1. The monoisotopic (exact) mass is 672 g/mol. The summed E-state index contributed by atoms with van der Waals surface area (Å²) in [5.74, 6) is 1.88. The van der Waals surface area contributed by atoms with Crippen LogP contribution in [0.2, 0.25) is 0 Å². The summed E-state index contributed by atoms with van der Waals surface area (Å²) >= 11 is 1.84. The SMILES string of the molecule is Br.CCCCCCCCCCCCCCOc1c(CC(=O)Nc2ccc(CN3CSC=C3C)cc2)cccc1C(C)(C)C. The normalized spacial score (nSPS) is 13.0. The van der Waals surface area contributed by atoms with Gasteiger partial charge in [-0.25, -0.2) is 0 Å². The second kappa shape index (κ2) is 20.2. The molecule has 3 rings (SSSR count). The minimum Gasteiger partial charge on any atom is -0.493 e. The summed E-state index contributed by atoms with van der Waals surface area (Å²) in [6, 6.07) is 14.5. The van der Waals surface area contributed by atoms with E-state index in [9.17, 15) is 4.79 Å². The first-order chi connectivity index (χ1) is 20.3. The number of thioether (sulfide) groups is 1. The van der Waals surface area contributed by atoms with Gasteiger partial charge in [0, 0.05) is 23.5 Å². The first-order valence-electron chi connectivity index (χ1n) is 16.4. The predicted molar refractivity (Wildman–Crippen MR) is 193 cm³/mol. The fourth-order valence-electron chi connectivity index (χ4n) is 5.49. The molecule has 1 aliphatic heterocycles. The number of amides is 1. The zero-order valence-electron chi connectivity index (χ0n) is 27.5. The van der Waals surface area contributed by atoms with Crippen molar-refractivity contribution < 1.29 is 9.53 Å². The molecule has 1 aliphatic rings. The number of nitrogens with one attached hydrogen (secondary N) is 1. The Hall–Kier alpha value is -1.92. The standard InChI is InChI=1S/C37H56N2O2S.BrH/c1-6-7-8-9-10-11-12-13-14-15-16-17-25-41-36-32(19-18-20-34(36)37(3,4)5)26-35(40)38-33-23-21-31(22-24-33)27-39-29-42-28-30(39)2;/h18-24,28H,6-17,25-27,29H2,1-5H3,(H,38,40);1H. The van der Waals surface area contributed by atoms with Gasteiger partial charge in [-0.15, -0.1) is 28.7 Å². The van der Waals surface area contributed by atoms with E-state index in [0.29, 0.717) is 13.0 Å². The molecule has 1 amide bonds. The summed E-state index contributed by atoms with van der Waals surface area (Å²) < 4.78 is 6.43. The molecule has 240 valence electrons. The highest BCUT2D eigenvalue weighted by atomic mass is 79.9. The molecule has 0 saturated carbocycles. The van der Waals surface area contributed by atoms with Crippen molar-refractivity contribution in [3.63, 3.8) is 0 Å². The molecule has 2 aromatic rings. The minimum absolute atomic E-state index is 0. The molecule has 6 heteroatoms. The summed E-state index contributed by atoms with van der Waals surface area (Å²) in [7, 11) is 0. The lowest BCUT2D eigenvalue weighted by atomic mass is 9.84. The molecule has 2 aromatic carbocycles. The van der Waals surface area contributed by atoms with E-state index >= 15 is 0 Å². The van der Waals surface area contributed by atoms with Gasteiger partial charge in [0.15, 0.2) is 0 Å². The van der Waals surface area contributed by atoms with E-state index in [-0.39, 0.29) is 28.3 Å². The predicted octanol–water partition coefficient (Wildman–Crippen LogP) is 11.2. The number of hydrogen-bond acceptors (Lipinski definition) is 4. The van der Waals surface area contributed by atoms with Crippen molar-refractivity contribution in [2.24, 2.45) is 0 Å². The average molecular weight is 674 g/mol. The van der Waals surface area contributed by atoms with Gasteiger partial charge in [-0.05, 0) is 47.4 Å². The molecule has 1 N–H and O–H groups in total. The molecule has 0 aromatic heterocycles. The van der Waals surface area contributed by atoms with Crippen LogP contribution in [0.15, 0.2) is 53.6 Å². The van der Waals surface area contributed by atoms with E-state index in [1.807, 2.05) is 30.0 Å². The molecule has 4 nitrogen and oxygen atoms in total. The van der Waals surface area contributed by atoms with E-state index < -0.39 is 0 Å². The van der Waals surface area contributed by atoms with Gasteiger partial charge in [0.25, 0.3) is 0 Å². The molecular weight excluding hydrogens is 616 g/mol. The van der Waals surface area contributed by atoms with Crippen LogP contribution in [0.25, 0.3) is 0 Å². The Labute approximate surface area is 277 Å². The topological polar surface area (TPSA) is 41.6 Å². The van der Waals surface area contributed by atoms with Crippen molar-refractivity contribution in [1.82, 2.24) is 4.90 Å². The Kier molecular flexibility index (Phi) is 17.5. The molecule has 0 aliphatic carbocycles. The summed E-state index contributed by atoms with van der Waals surface area (Å²) in [5.41, 5.74) is 5.46. The van der Waals surface area contributed by atoms with E-state index in [1.165, 1.54) is 87.5 Å². The Morgan fingerprint density at radius 2 is 1.49 bits per heavy atom. The van der Waals surface area contributed by atoms with Gasteiger partial charge >= 0.3 is 0 Å². The van der Waals surface area contributed by atoms with Crippen molar-refractivity contribution in [2.45, 2.75) is 130 Å². The third kappa shape index (κ3) is 13.7. The van der Waals surface area contributed by atoms with Crippen LogP contribution in [0.5, 0.6) is 5.75 Å². The second-order valence-corrected chi connectivity index (χ2v) is 13.8. The highest BCUT2D eigenvalue weighted by molar-refractivity contribution is 8.93. The van der Waals surface area contributed by atoms with Gasteiger partial charge in [-0.1, -0.05) is 129 Å². The largest absolute Gasteiger partial charge is 0.493 e. The number of carbonyl (C=O) groups is 1. The van der Waals surface area contributed by atoms with Crippen LogP contribution >= 0.6 is 28.7 Å². The molecule has 0 fully saturated rings. The van der Waals surface area contributed by atoms with E-state index in [0.717, 1.165) is 35.8 Å². The van der Waals surface area contributed by atoms with E-state index in [4.69, 9.17) is 4.74 Å². The number of rotatable bonds is 19. The lowest BCUT2D eigenvalue weighted by Gasteiger charge is -2.25. The van der Waals surface area contributed by atoms with Crippen LogP contribution in [0.3, 0.4) is 0 Å². The number of allylic oxidation sites excluding steroid dienone is 1. The average Bonchev–Trinajstić information content (AvgIpc) is 3.36. The number of benzene rings is 2. The number of halogens is 1. The van der Waals surface area contributed by atoms with Crippen molar-refractivity contribution >= 4 is 40.3 Å². The molecule has 43 heavy (non-hydrogen) atoms. The number of nitrogens with zero attached hydrogens (tertiary/aromatic N) is 1. The Morgan fingerprint density at radius 3 is 2.05 bits per heavy atom. The van der Waals surface area contributed by atoms with Crippen LogP contribution in [0.1, 0.15) is 128 Å². The Bertz CT molecular complexity index is 1110. The molecule has 1 heterocycles. The Balaban J connectivity index is 0.00000645. The van der Waals surface area contributed by atoms with Crippen LogP contribution < -0.4 is 10.1 Å². The summed E-state index contributed by atoms with van der Waals surface area (Å²) in [6.07, 6.45) is 16.2. The van der Waals surface area contributed by atoms with Crippen LogP contribution in [-0.2, 0) is 23.2 Å². The molecule has 0 unspecified atom stereocenters. The third-order valence-corrected chi connectivity index (χ3v) is 9.06. The number of anilines is 1.